The number of thioether (sulfide) groups is 1. The van der Waals surface area contributed by atoms with Crippen LogP contribution in [0.2, 0.25) is 5.02 Å². The van der Waals surface area contributed by atoms with Gasteiger partial charge in [0.25, 0.3) is 10.9 Å². The molecule has 0 saturated heterocycles. The van der Waals surface area contributed by atoms with Crippen molar-refractivity contribution in [1.29, 1.82) is 0 Å². The van der Waals surface area contributed by atoms with Gasteiger partial charge in [-0.2, -0.15) is 0 Å². The molecule has 0 saturated carbocycles. The number of nitro benzene ring substituents is 1. The van der Waals surface area contributed by atoms with Crippen LogP contribution in [-0.2, 0) is 4.79 Å². The Kier molecular flexibility index (Phi) is 6.48. The normalized spacial score (nSPS) is 10.7. The number of nitrogens with zero attached hydrogens (tertiary/aromatic N) is 3. The minimum Gasteiger partial charge on any atom is -0.411 e. The number of anilines is 1. The number of rotatable bonds is 7. The van der Waals surface area contributed by atoms with Crippen LogP contribution in [0.4, 0.5) is 11.4 Å². The topological polar surface area (TPSA) is 111 Å². The van der Waals surface area contributed by atoms with Gasteiger partial charge in [-0.05, 0) is 53.6 Å². The van der Waals surface area contributed by atoms with Crippen molar-refractivity contribution in [3.63, 3.8) is 0 Å². The second kappa shape index (κ2) is 9.63. The lowest BCUT2D eigenvalue weighted by molar-refractivity contribution is -0.384. The van der Waals surface area contributed by atoms with E-state index in [0.29, 0.717) is 22.2 Å². The molecule has 1 heterocycles. The van der Waals surface area contributed by atoms with Crippen LogP contribution in [0.25, 0.3) is 22.6 Å². The first-order valence-corrected chi connectivity index (χ1v) is 10.7. The lowest BCUT2D eigenvalue weighted by Gasteiger charge is -2.06. The number of halogens is 1. The Bertz CT molecular complexity index is 1260. The maximum Gasteiger partial charge on any atom is 0.277 e. The molecule has 0 bridgehead atoms. The molecule has 32 heavy (non-hydrogen) atoms. The fourth-order valence-corrected chi connectivity index (χ4v) is 3.61. The van der Waals surface area contributed by atoms with Gasteiger partial charge in [-0.15, -0.1) is 10.2 Å². The van der Waals surface area contributed by atoms with Crippen LogP contribution in [0.5, 0.6) is 0 Å². The van der Waals surface area contributed by atoms with Crippen molar-refractivity contribution in [3.05, 3.63) is 87.9 Å². The van der Waals surface area contributed by atoms with E-state index in [1.807, 2.05) is 12.1 Å². The minimum absolute atomic E-state index is 0.0380. The summed E-state index contributed by atoms with van der Waals surface area (Å²) in [6.45, 7) is 0. The number of nitro groups is 1. The highest BCUT2D eigenvalue weighted by Gasteiger charge is 2.12. The fraction of sp³-hybridized carbons (Fsp3) is 0.0455. The Morgan fingerprint density at radius 2 is 1.69 bits per heavy atom. The minimum atomic E-state index is -0.438. The molecule has 1 amide bonds. The van der Waals surface area contributed by atoms with Crippen LogP contribution in [0.15, 0.2) is 82.4 Å². The Morgan fingerprint density at radius 1 is 1.00 bits per heavy atom. The average molecular weight is 467 g/mol. The number of hydrogen-bond acceptors (Lipinski definition) is 7. The van der Waals surface area contributed by atoms with Crippen LogP contribution in [0.1, 0.15) is 0 Å². The first kappa shape index (κ1) is 21.5. The van der Waals surface area contributed by atoms with Gasteiger partial charge in [0.2, 0.25) is 11.8 Å². The Balaban J connectivity index is 1.32. The van der Waals surface area contributed by atoms with Crippen molar-refractivity contribution >= 4 is 40.6 Å². The lowest BCUT2D eigenvalue weighted by Crippen LogP contribution is -2.13. The molecule has 0 aliphatic carbocycles. The monoisotopic (exact) mass is 466 g/mol. The molecule has 0 aliphatic rings. The van der Waals surface area contributed by atoms with E-state index < -0.39 is 4.92 Å². The van der Waals surface area contributed by atoms with Crippen molar-refractivity contribution in [2.75, 3.05) is 11.1 Å². The number of non-ortho nitro benzene ring substituents is 1. The Hall–Kier alpha value is -3.69. The SMILES string of the molecule is O=C(CSc1nnc(-c2cccc(Cl)c2)o1)Nc1ccc(-c2ccc([N+](=O)[O-])cc2)cc1. The van der Waals surface area contributed by atoms with E-state index in [2.05, 4.69) is 15.5 Å². The first-order chi connectivity index (χ1) is 15.5. The highest BCUT2D eigenvalue weighted by molar-refractivity contribution is 7.99. The van der Waals surface area contributed by atoms with Crippen LogP contribution in [0, 0.1) is 10.1 Å². The van der Waals surface area contributed by atoms with Gasteiger partial charge < -0.3 is 9.73 Å². The van der Waals surface area contributed by atoms with Crippen LogP contribution in [0.3, 0.4) is 0 Å². The summed E-state index contributed by atoms with van der Waals surface area (Å²) in [7, 11) is 0. The first-order valence-electron chi connectivity index (χ1n) is 9.35. The van der Waals surface area contributed by atoms with Gasteiger partial charge in [0, 0.05) is 28.4 Å². The summed E-state index contributed by atoms with van der Waals surface area (Å²) >= 11 is 7.10. The lowest BCUT2D eigenvalue weighted by atomic mass is 10.1. The van der Waals surface area contributed by atoms with E-state index >= 15 is 0 Å². The molecule has 160 valence electrons. The fourth-order valence-electron chi connectivity index (χ4n) is 2.85. The third-order valence-electron chi connectivity index (χ3n) is 4.38. The standard InChI is InChI=1S/C22H15ClN4O4S/c23-17-3-1-2-16(12-17)21-25-26-22(31-21)32-13-20(28)24-18-8-4-14(5-9-18)15-6-10-19(11-7-15)27(29)30/h1-12H,13H2,(H,24,28). The Morgan fingerprint density at radius 3 is 2.34 bits per heavy atom. The summed E-state index contributed by atoms with van der Waals surface area (Å²) in [5.41, 5.74) is 3.10. The maximum atomic E-state index is 12.3. The number of aromatic nitrogens is 2. The van der Waals surface area contributed by atoms with Gasteiger partial charge in [0.05, 0.1) is 10.7 Å². The van der Waals surface area contributed by atoms with Gasteiger partial charge in [0.1, 0.15) is 0 Å². The van der Waals surface area contributed by atoms with Crippen molar-refractivity contribution < 1.29 is 14.1 Å². The highest BCUT2D eigenvalue weighted by atomic mass is 35.5. The van der Waals surface area contributed by atoms with E-state index in [4.69, 9.17) is 16.0 Å². The van der Waals surface area contributed by atoms with Crippen molar-refractivity contribution in [3.8, 4) is 22.6 Å². The predicted octanol–water partition coefficient (Wildman–Crippen LogP) is 5.70. The summed E-state index contributed by atoms with van der Waals surface area (Å²) in [6, 6.07) is 20.5. The number of carbonyl (C=O) groups is 1. The zero-order valence-corrected chi connectivity index (χ0v) is 18.0. The molecule has 8 nitrogen and oxygen atoms in total. The highest BCUT2D eigenvalue weighted by Crippen LogP contribution is 2.26. The number of amides is 1. The molecule has 3 aromatic carbocycles. The van der Waals surface area contributed by atoms with E-state index in [1.165, 1.54) is 12.1 Å². The van der Waals surface area contributed by atoms with Gasteiger partial charge in [0.15, 0.2) is 0 Å². The molecule has 4 rings (SSSR count). The summed E-state index contributed by atoms with van der Waals surface area (Å²) in [5.74, 6) is 0.208. The third kappa shape index (κ3) is 5.32. The molecule has 0 aliphatic heterocycles. The number of hydrogen-bond donors (Lipinski definition) is 1. The zero-order valence-electron chi connectivity index (χ0n) is 16.4. The van der Waals surface area contributed by atoms with E-state index in [0.717, 1.165) is 22.9 Å². The van der Waals surface area contributed by atoms with Gasteiger partial charge >= 0.3 is 0 Å². The van der Waals surface area contributed by atoms with Crippen molar-refractivity contribution in [2.45, 2.75) is 5.22 Å². The molecule has 1 aromatic heterocycles. The molecule has 10 heteroatoms. The Labute approximate surface area is 191 Å². The van der Waals surface area contributed by atoms with Crippen molar-refractivity contribution in [1.82, 2.24) is 10.2 Å². The van der Waals surface area contributed by atoms with Crippen LogP contribution >= 0.6 is 23.4 Å². The largest absolute Gasteiger partial charge is 0.411 e. The summed E-state index contributed by atoms with van der Waals surface area (Å²) in [6.07, 6.45) is 0. The van der Waals surface area contributed by atoms with Crippen LogP contribution in [-0.4, -0.2) is 26.8 Å². The summed E-state index contributed by atoms with van der Waals surface area (Å²) < 4.78 is 5.57. The number of nitrogens with one attached hydrogen (secondary N) is 1. The van der Waals surface area contributed by atoms with Gasteiger partial charge in [-0.3, -0.25) is 14.9 Å². The van der Waals surface area contributed by atoms with Crippen LogP contribution < -0.4 is 5.32 Å². The third-order valence-corrected chi connectivity index (χ3v) is 5.44. The molecule has 0 atom stereocenters. The van der Waals surface area contributed by atoms with E-state index in [9.17, 15) is 14.9 Å². The molecule has 1 N–H and O–H groups in total. The average Bonchev–Trinajstić information content (AvgIpc) is 3.28. The summed E-state index contributed by atoms with van der Waals surface area (Å²) in [5, 5.41) is 22.3. The molecular formula is C22H15ClN4O4S. The predicted molar refractivity (Wildman–Crippen MR) is 123 cm³/mol. The quantitative estimate of drug-likeness (QED) is 0.211. The summed E-state index contributed by atoms with van der Waals surface area (Å²) in [4.78, 5) is 22.6. The van der Waals surface area contributed by atoms with Gasteiger partial charge in [-0.1, -0.05) is 41.6 Å². The second-order valence-corrected chi connectivity index (χ2v) is 7.96. The molecular weight excluding hydrogens is 452 g/mol. The van der Waals surface area contributed by atoms with Crippen molar-refractivity contribution in [2.24, 2.45) is 0 Å². The molecule has 0 spiro atoms. The molecule has 0 fully saturated rings. The second-order valence-electron chi connectivity index (χ2n) is 6.60. The maximum absolute atomic E-state index is 12.3. The molecule has 0 unspecified atom stereocenters. The van der Waals surface area contributed by atoms with E-state index in [1.54, 1.807) is 48.5 Å². The number of carbonyl (C=O) groups excluding carboxylic acids is 1. The zero-order chi connectivity index (χ0) is 22.5. The smallest absolute Gasteiger partial charge is 0.277 e. The van der Waals surface area contributed by atoms with Gasteiger partial charge in [-0.25, -0.2) is 0 Å². The van der Waals surface area contributed by atoms with E-state index in [-0.39, 0.29) is 22.6 Å². The molecule has 0 radical (unpaired) electrons. The number of benzene rings is 3. The molecule has 4 aromatic rings.